The summed E-state index contributed by atoms with van der Waals surface area (Å²) < 4.78 is 5.39. The van der Waals surface area contributed by atoms with Crippen LogP contribution in [-0.4, -0.2) is 53.1 Å². The predicted octanol–water partition coefficient (Wildman–Crippen LogP) is 3.11. The van der Waals surface area contributed by atoms with E-state index in [1.54, 1.807) is 14.0 Å². The van der Waals surface area contributed by atoms with E-state index >= 15 is 0 Å². The smallest absolute Gasteiger partial charge is 0.219 e. The van der Waals surface area contributed by atoms with E-state index in [1.807, 2.05) is 29.2 Å². The number of nitrogens with one attached hydrogen (secondary N) is 1. The summed E-state index contributed by atoms with van der Waals surface area (Å²) in [4.78, 5) is 15.7. The zero-order chi connectivity index (χ0) is 17.7. The van der Waals surface area contributed by atoms with Gasteiger partial charge in [0.25, 0.3) is 0 Å². The molecule has 1 aliphatic heterocycles. The minimum absolute atomic E-state index is 0.152. The van der Waals surface area contributed by atoms with Gasteiger partial charge in [0.1, 0.15) is 5.75 Å². The molecule has 6 heteroatoms. The van der Waals surface area contributed by atoms with Gasteiger partial charge >= 0.3 is 0 Å². The Balaban J connectivity index is 2.07. The average molecular weight is 350 g/mol. The number of piperidine rings is 1. The summed E-state index contributed by atoms with van der Waals surface area (Å²) in [7, 11) is 1.65. The highest BCUT2D eigenvalue weighted by Gasteiger charge is 2.29. The number of nitrogens with zero attached hydrogens (tertiary/aromatic N) is 2. The third-order valence-electron chi connectivity index (χ3n) is 4.44. The summed E-state index contributed by atoms with van der Waals surface area (Å²) >= 11 is 5.68. The molecular weight excluding hydrogens is 322 g/mol. The van der Waals surface area contributed by atoms with Crippen molar-refractivity contribution in [3.63, 3.8) is 0 Å². The van der Waals surface area contributed by atoms with Gasteiger partial charge in [-0.25, -0.2) is 0 Å². The molecule has 132 valence electrons. The standard InChI is InChI=1S/C18H27N3O2S/c1-13(2)21(15-9-11-20(12-10-15)14(3)22)18(24)19-16-7-5-6-8-17(16)23-4/h5-8,13,15H,9-12H2,1-4H3,(H,19,24). The van der Waals surface area contributed by atoms with Crippen molar-refractivity contribution in [1.29, 1.82) is 0 Å². The first-order chi connectivity index (χ1) is 11.4. The number of thiocarbonyl (C=S) groups is 1. The molecule has 5 nitrogen and oxygen atoms in total. The maximum atomic E-state index is 11.5. The van der Waals surface area contributed by atoms with E-state index in [0.717, 1.165) is 37.4 Å². The maximum Gasteiger partial charge on any atom is 0.219 e. The lowest BCUT2D eigenvalue weighted by molar-refractivity contribution is -0.130. The van der Waals surface area contributed by atoms with Crippen molar-refractivity contribution >= 4 is 28.9 Å². The van der Waals surface area contributed by atoms with Gasteiger partial charge in [0.15, 0.2) is 5.11 Å². The van der Waals surface area contributed by atoms with Crippen LogP contribution < -0.4 is 10.1 Å². The number of anilines is 1. The predicted molar refractivity (Wildman–Crippen MR) is 101 cm³/mol. The van der Waals surface area contributed by atoms with Crippen LogP contribution in [0.2, 0.25) is 0 Å². The van der Waals surface area contributed by atoms with Crippen molar-refractivity contribution in [2.75, 3.05) is 25.5 Å². The number of benzene rings is 1. The molecule has 1 N–H and O–H groups in total. The molecule has 0 aliphatic carbocycles. The van der Waals surface area contributed by atoms with E-state index in [4.69, 9.17) is 17.0 Å². The first-order valence-electron chi connectivity index (χ1n) is 8.42. The van der Waals surface area contributed by atoms with Crippen LogP contribution in [0.1, 0.15) is 33.6 Å². The van der Waals surface area contributed by atoms with Crippen molar-refractivity contribution in [3.05, 3.63) is 24.3 Å². The number of rotatable bonds is 4. The fourth-order valence-electron chi connectivity index (χ4n) is 3.21. The minimum atomic E-state index is 0.152. The average Bonchev–Trinajstić information content (AvgIpc) is 2.55. The largest absolute Gasteiger partial charge is 0.495 e. The normalized spacial score (nSPS) is 15.3. The zero-order valence-corrected chi connectivity index (χ0v) is 15.7. The Morgan fingerprint density at radius 3 is 2.50 bits per heavy atom. The Bertz CT molecular complexity index is 583. The van der Waals surface area contributed by atoms with Gasteiger partial charge in [0, 0.05) is 32.1 Å². The topological polar surface area (TPSA) is 44.8 Å². The van der Waals surface area contributed by atoms with E-state index in [1.165, 1.54) is 0 Å². The molecule has 1 heterocycles. The molecule has 1 saturated heterocycles. The molecule has 2 rings (SSSR count). The van der Waals surface area contributed by atoms with E-state index < -0.39 is 0 Å². The Morgan fingerprint density at radius 2 is 1.96 bits per heavy atom. The van der Waals surface area contributed by atoms with Crippen molar-refractivity contribution in [2.24, 2.45) is 0 Å². The van der Waals surface area contributed by atoms with Crippen molar-refractivity contribution < 1.29 is 9.53 Å². The van der Waals surface area contributed by atoms with Crippen LogP contribution in [-0.2, 0) is 4.79 Å². The van der Waals surface area contributed by atoms with E-state index in [0.29, 0.717) is 11.2 Å². The molecule has 1 aromatic rings. The van der Waals surface area contributed by atoms with Crippen molar-refractivity contribution in [3.8, 4) is 5.75 Å². The van der Waals surface area contributed by atoms with Crippen molar-refractivity contribution in [2.45, 2.75) is 45.7 Å². The highest BCUT2D eigenvalue weighted by molar-refractivity contribution is 7.80. The van der Waals surface area contributed by atoms with Gasteiger partial charge < -0.3 is 19.9 Å². The second-order valence-electron chi connectivity index (χ2n) is 6.37. The molecule has 0 aromatic heterocycles. The number of hydrogen-bond donors (Lipinski definition) is 1. The number of methoxy groups -OCH3 is 1. The van der Waals surface area contributed by atoms with Crippen LogP contribution >= 0.6 is 12.2 Å². The summed E-state index contributed by atoms with van der Waals surface area (Å²) in [6.07, 6.45) is 1.87. The Labute approximate surface area is 150 Å². The molecule has 24 heavy (non-hydrogen) atoms. The number of carbonyl (C=O) groups excluding carboxylic acids is 1. The van der Waals surface area contributed by atoms with Gasteiger partial charge in [-0.2, -0.15) is 0 Å². The molecule has 0 radical (unpaired) electrons. The molecule has 0 spiro atoms. The number of carbonyl (C=O) groups is 1. The molecule has 1 fully saturated rings. The highest BCUT2D eigenvalue weighted by atomic mass is 32.1. The first-order valence-corrected chi connectivity index (χ1v) is 8.82. The summed E-state index contributed by atoms with van der Waals surface area (Å²) in [5, 5.41) is 4.03. The summed E-state index contributed by atoms with van der Waals surface area (Å²) in [5.41, 5.74) is 0.872. The lowest BCUT2D eigenvalue weighted by atomic mass is 10.0. The molecule has 0 atom stereocenters. The van der Waals surface area contributed by atoms with Gasteiger partial charge in [0.05, 0.1) is 12.8 Å². The van der Waals surface area contributed by atoms with Gasteiger partial charge in [-0.3, -0.25) is 4.79 Å². The summed E-state index contributed by atoms with van der Waals surface area (Å²) in [5.74, 6) is 0.925. The van der Waals surface area contributed by atoms with Gasteiger partial charge in [-0.05, 0) is 51.0 Å². The van der Waals surface area contributed by atoms with E-state index in [-0.39, 0.29) is 11.9 Å². The third kappa shape index (κ3) is 4.38. The number of hydrogen-bond acceptors (Lipinski definition) is 3. The van der Waals surface area contributed by atoms with Crippen LogP contribution in [0.25, 0.3) is 0 Å². The third-order valence-corrected chi connectivity index (χ3v) is 4.76. The Morgan fingerprint density at radius 1 is 1.33 bits per heavy atom. The number of para-hydroxylation sites is 2. The van der Waals surface area contributed by atoms with Crippen LogP contribution in [0, 0.1) is 0 Å². The number of ether oxygens (including phenoxy) is 1. The van der Waals surface area contributed by atoms with Crippen LogP contribution in [0.4, 0.5) is 5.69 Å². The second kappa shape index (κ2) is 8.33. The van der Waals surface area contributed by atoms with Gasteiger partial charge in [-0.1, -0.05) is 12.1 Å². The highest BCUT2D eigenvalue weighted by Crippen LogP contribution is 2.25. The monoisotopic (exact) mass is 349 g/mol. The van der Waals surface area contributed by atoms with Crippen molar-refractivity contribution in [1.82, 2.24) is 9.80 Å². The number of likely N-dealkylation sites (tertiary alicyclic amines) is 1. The van der Waals surface area contributed by atoms with Gasteiger partial charge in [0.2, 0.25) is 5.91 Å². The van der Waals surface area contributed by atoms with Crippen LogP contribution in [0.5, 0.6) is 5.75 Å². The Hall–Kier alpha value is -1.82. The molecule has 0 saturated carbocycles. The van der Waals surface area contributed by atoms with E-state index in [2.05, 4.69) is 24.1 Å². The minimum Gasteiger partial charge on any atom is -0.495 e. The molecule has 0 bridgehead atoms. The molecular formula is C18H27N3O2S. The molecule has 1 amide bonds. The molecule has 1 aliphatic rings. The zero-order valence-electron chi connectivity index (χ0n) is 14.9. The quantitative estimate of drug-likeness (QED) is 0.846. The summed E-state index contributed by atoms with van der Waals surface area (Å²) in [6, 6.07) is 8.39. The fourth-order valence-corrected chi connectivity index (χ4v) is 3.68. The number of amides is 1. The van der Waals surface area contributed by atoms with Gasteiger partial charge in [-0.15, -0.1) is 0 Å². The molecule has 0 unspecified atom stereocenters. The van der Waals surface area contributed by atoms with Crippen LogP contribution in [0.3, 0.4) is 0 Å². The SMILES string of the molecule is COc1ccccc1NC(=S)N(C(C)C)C1CCN(C(C)=O)CC1. The van der Waals surface area contributed by atoms with Crippen LogP contribution in [0.15, 0.2) is 24.3 Å². The lowest BCUT2D eigenvalue weighted by Crippen LogP contribution is -2.52. The first kappa shape index (κ1) is 18.5. The maximum absolute atomic E-state index is 11.5. The Kier molecular flexibility index (Phi) is 6.43. The lowest BCUT2D eigenvalue weighted by Gasteiger charge is -2.41. The van der Waals surface area contributed by atoms with E-state index in [9.17, 15) is 4.79 Å². The summed E-state index contributed by atoms with van der Waals surface area (Å²) in [6.45, 7) is 7.51. The molecule has 1 aromatic carbocycles. The fraction of sp³-hybridized carbons (Fsp3) is 0.556. The second-order valence-corrected chi connectivity index (χ2v) is 6.76.